The molecule has 0 aromatic heterocycles. The first-order valence-corrected chi connectivity index (χ1v) is 8.88. The summed E-state index contributed by atoms with van der Waals surface area (Å²) in [6.45, 7) is 4.09. The minimum Gasteiger partial charge on any atom is -0.449 e. The molecular formula is C20H23ClN2O3. The van der Waals surface area contributed by atoms with E-state index in [2.05, 4.69) is 12.2 Å². The number of nitrogen functional groups attached to an aromatic ring is 1. The monoisotopic (exact) mass is 374 g/mol. The lowest BCUT2D eigenvalue weighted by molar-refractivity contribution is -0.129. The second-order valence-electron chi connectivity index (χ2n) is 6.04. The maximum absolute atomic E-state index is 12.2. The molecule has 0 bridgehead atoms. The highest BCUT2D eigenvalue weighted by molar-refractivity contribution is 6.33. The summed E-state index contributed by atoms with van der Waals surface area (Å²) in [6.07, 6.45) is -0.0182. The number of benzene rings is 2. The van der Waals surface area contributed by atoms with Crippen molar-refractivity contribution in [3.8, 4) is 0 Å². The van der Waals surface area contributed by atoms with Gasteiger partial charge in [-0.3, -0.25) is 4.79 Å². The molecule has 5 nitrogen and oxygen atoms in total. The molecule has 6 heteroatoms. The van der Waals surface area contributed by atoms with Gasteiger partial charge in [0.1, 0.15) is 0 Å². The third-order valence-corrected chi connectivity index (χ3v) is 4.52. The first-order valence-electron chi connectivity index (χ1n) is 8.51. The molecule has 0 radical (unpaired) electrons. The van der Waals surface area contributed by atoms with Gasteiger partial charge in [-0.1, -0.05) is 48.9 Å². The van der Waals surface area contributed by atoms with Gasteiger partial charge in [-0.15, -0.1) is 0 Å². The van der Waals surface area contributed by atoms with Gasteiger partial charge < -0.3 is 15.8 Å². The number of nitrogens with one attached hydrogen (secondary N) is 1. The van der Waals surface area contributed by atoms with Gasteiger partial charge in [-0.25, -0.2) is 4.79 Å². The molecule has 138 valence electrons. The number of nitrogens with two attached hydrogens (primary N) is 1. The van der Waals surface area contributed by atoms with E-state index in [9.17, 15) is 9.59 Å². The molecule has 0 aliphatic heterocycles. The van der Waals surface area contributed by atoms with Crippen molar-refractivity contribution in [1.82, 2.24) is 5.32 Å². The Balaban J connectivity index is 1.90. The summed E-state index contributed by atoms with van der Waals surface area (Å²) in [6, 6.07) is 14.4. The van der Waals surface area contributed by atoms with Gasteiger partial charge in [0.2, 0.25) is 0 Å². The van der Waals surface area contributed by atoms with Crippen LogP contribution >= 0.6 is 11.6 Å². The van der Waals surface area contributed by atoms with Crippen molar-refractivity contribution in [2.24, 2.45) is 0 Å². The molecular weight excluding hydrogens is 352 g/mol. The molecule has 1 amide bonds. The number of carbonyl (C=O) groups is 2. The molecule has 0 saturated heterocycles. The summed E-state index contributed by atoms with van der Waals surface area (Å²) in [7, 11) is 0. The van der Waals surface area contributed by atoms with E-state index >= 15 is 0 Å². The zero-order valence-electron chi connectivity index (χ0n) is 14.9. The third kappa shape index (κ3) is 5.23. The Labute approximate surface area is 158 Å². The van der Waals surface area contributed by atoms with Crippen LogP contribution in [0.5, 0.6) is 0 Å². The number of ether oxygens (including phenoxy) is 1. The Kier molecular flexibility index (Phi) is 7.04. The highest BCUT2D eigenvalue weighted by Gasteiger charge is 2.20. The van der Waals surface area contributed by atoms with Crippen molar-refractivity contribution < 1.29 is 14.3 Å². The van der Waals surface area contributed by atoms with E-state index in [1.165, 1.54) is 25.1 Å². The average molecular weight is 375 g/mol. The molecule has 0 aliphatic carbocycles. The lowest BCUT2D eigenvalue weighted by Gasteiger charge is -2.18. The van der Waals surface area contributed by atoms with Crippen LogP contribution in [-0.4, -0.2) is 24.5 Å². The summed E-state index contributed by atoms with van der Waals surface area (Å²) in [5, 5.41) is 3.21. The highest BCUT2D eigenvalue weighted by Crippen LogP contribution is 2.20. The molecule has 3 N–H and O–H groups in total. The van der Waals surface area contributed by atoms with Crippen LogP contribution in [-0.2, 0) is 9.53 Å². The number of hydrogen-bond donors (Lipinski definition) is 2. The Morgan fingerprint density at radius 2 is 1.88 bits per heavy atom. The fourth-order valence-electron chi connectivity index (χ4n) is 2.54. The van der Waals surface area contributed by atoms with Crippen LogP contribution in [0.2, 0.25) is 5.02 Å². The Hall–Kier alpha value is -2.53. The van der Waals surface area contributed by atoms with E-state index in [4.69, 9.17) is 22.1 Å². The predicted molar refractivity (Wildman–Crippen MR) is 103 cm³/mol. The summed E-state index contributed by atoms with van der Waals surface area (Å²) < 4.78 is 5.22. The van der Waals surface area contributed by atoms with Gasteiger partial charge in [-0.05, 0) is 37.1 Å². The van der Waals surface area contributed by atoms with E-state index in [1.54, 1.807) is 0 Å². The summed E-state index contributed by atoms with van der Waals surface area (Å²) in [4.78, 5) is 24.4. The molecule has 0 saturated carbocycles. The minimum absolute atomic E-state index is 0.208. The van der Waals surface area contributed by atoms with E-state index in [-0.39, 0.29) is 23.1 Å². The van der Waals surface area contributed by atoms with Crippen molar-refractivity contribution >= 4 is 29.2 Å². The van der Waals surface area contributed by atoms with Crippen LogP contribution in [0.1, 0.15) is 42.1 Å². The van der Waals surface area contributed by atoms with Crippen LogP contribution in [0.4, 0.5) is 5.69 Å². The number of hydrogen-bond acceptors (Lipinski definition) is 4. The molecule has 0 unspecified atom stereocenters. The quantitative estimate of drug-likeness (QED) is 0.570. The largest absolute Gasteiger partial charge is 0.449 e. The lowest BCUT2D eigenvalue weighted by atomic mass is 9.96. The van der Waals surface area contributed by atoms with Crippen LogP contribution < -0.4 is 11.1 Å². The zero-order valence-corrected chi connectivity index (χ0v) is 15.6. The van der Waals surface area contributed by atoms with Gasteiger partial charge in [0.25, 0.3) is 5.91 Å². The van der Waals surface area contributed by atoms with E-state index in [0.29, 0.717) is 11.6 Å². The first-order chi connectivity index (χ1) is 12.4. The third-order valence-electron chi connectivity index (χ3n) is 4.17. The summed E-state index contributed by atoms with van der Waals surface area (Å²) in [5.74, 6) is -0.750. The van der Waals surface area contributed by atoms with Crippen molar-refractivity contribution in [3.05, 3.63) is 64.7 Å². The average Bonchev–Trinajstić information content (AvgIpc) is 2.65. The Bertz CT molecular complexity index is 765. The van der Waals surface area contributed by atoms with Crippen LogP contribution in [0, 0.1) is 0 Å². The number of halogens is 1. The van der Waals surface area contributed by atoms with E-state index < -0.39 is 12.1 Å². The van der Waals surface area contributed by atoms with Crippen molar-refractivity contribution in [2.45, 2.75) is 32.3 Å². The number of amides is 1. The molecule has 2 rings (SSSR count). The van der Waals surface area contributed by atoms with Crippen molar-refractivity contribution in [1.29, 1.82) is 0 Å². The molecule has 2 atom stereocenters. The number of esters is 1. The maximum atomic E-state index is 12.2. The second-order valence-corrected chi connectivity index (χ2v) is 6.45. The standard InChI is InChI=1S/C20H23ClN2O3/c1-3-14(15-7-5-4-6-8-15)12-23-19(24)13(2)26-20(25)16-9-10-17(21)18(22)11-16/h4-11,13-14H,3,12,22H2,1-2H3,(H,23,24)/t13-,14-/m1/s1. The van der Waals surface area contributed by atoms with Crippen molar-refractivity contribution in [2.75, 3.05) is 12.3 Å². The molecule has 0 aliphatic rings. The maximum Gasteiger partial charge on any atom is 0.338 e. The predicted octanol–water partition coefficient (Wildman–Crippen LogP) is 3.78. The Morgan fingerprint density at radius 1 is 1.19 bits per heavy atom. The fraction of sp³-hybridized carbons (Fsp3) is 0.300. The molecule has 26 heavy (non-hydrogen) atoms. The molecule has 2 aromatic carbocycles. The van der Waals surface area contributed by atoms with Crippen LogP contribution in [0.25, 0.3) is 0 Å². The van der Waals surface area contributed by atoms with E-state index in [1.807, 2.05) is 30.3 Å². The van der Waals surface area contributed by atoms with Gasteiger partial charge in [-0.2, -0.15) is 0 Å². The molecule has 0 fully saturated rings. The van der Waals surface area contributed by atoms with Crippen LogP contribution in [0.15, 0.2) is 48.5 Å². The normalized spacial score (nSPS) is 12.9. The molecule has 0 spiro atoms. The smallest absolute Gasteiger partial charge is 0.338 e. The summed E-state index contributed by atoms with van der Waals surface area (Å²) in [5.41, 5.74) is 7.38. The first kappa shape index (κ1) is 19.8. The van der Waals surface area contributed by atoms with Gasteiger partial charge in [0.05, 0.1) is 16.3 Å². The van der Waals surface area contributed by atoms with E-state index in [0.717, 1.165) is 12.0 Å². The fourth-order valence-corrected chi connectivity index (χ4v) is 2.66. The minimum atomic E-state index is -0.910. The number of rotatable bonds is 7. The SMILES string of the molecule is CC[C@H](CNC(=O)[C@@H](C)OC(=O)c1ccc(Cl)c(N)c1)c1ccccc1. The zero-order chi connectivity index (χ0) is 19.1. The molecule has 2 aromatic rings. The highest BCUT2D eigenvalue weighted by atomic mass is 35.5. The van der Waals surface area contributed by atoms with Gasteiger partial charge in [0.15, 0.2) is 6.10 Å². The molecule has 0 heterocycles. The lowest BCUT2D eigenvalue weighted by Crippen LogP contribution is -2.38. The van der Waals surface area contributed by atoms with Crippen molar-refractivity contribution in [3.63, 3.8) is 0 Å². The van der Waals surface area contributed by atoms with Gasteiger partial charge >= 0.3 is 5.97 Å². The number of carbonyl (C=O) groups excluding carboxylic acids is 2. The van der Waals surface area contributed by atoms with Gasteiger partial charge in [0, 0.05) is 12.5 Å². The Morgan fingerprint density at radius 3 is 2.50 bits per heavy atom. The summed E-state index contributed by atoms with van der Waals surface area (Å²) >= 11 is 5.84. The topological polar surface area (TPSA) is 81.4 Å². The number of anilines is 1. The second kappa shape index (κ2) is 9.25. The van der Waals surface area contributed by atoms with Crippen LogP contribution in [0.3, 0.4) is 0 Å².